The second kappa shape index (κ2) is 5.41. The van der Waals surface area contributed by atoms with Crippen LogP contribution >= 0.6 is 0 Å². The number of carbonyl (C=O) groups is 1. The fourth-order valence-electron chi connectivity index (χ4n) is 2.11. The van der Waals surface area contributed by atoms with Crippen LogP contribution in [-0.2, 0) is 4.74 Å². The number of benzene rings is 1. The third-order valence-corrected chi connectivity index (χ3v) is 3.67. The van der Waals surface area contributed by atoms with Gasteiger partial charge in [-0.2, -0.15) is 5.26 Å². The Morgan fingerprint density at radius 2 is 2.20 bits per heavy atom. The third kappa shape index (κ3) is 3.02. The number of nitriles is 1. The lowest BCUT2D eigenvalue weighted by Gasteiger charge is -2.16. The van der Waals surface area contributed by atoms with E-state index in [0.29, 0.717) is 24.3 Å². The highest BCUT2D eigenvalue weighted by atomic mass is 16.5. The van der Waals surface area contributed by atoms with Crippen molar-refractivity contribution in [2.45, 2.75) is 19.3 Å². The first-order valence-corrected chi connectivity index (χ1v) is 6.58. The second-order valence-corrected chi connectivity index (χ2v) is 5.58. The number of rotatable bonds is 5. The average Bonchev–Trinajstić information content (AvgIpc) is 3.16. The molecular formula is C15H19N3O2. The molecule has 0 bridgehead atoms. The largest absolute Gasteiger partial charge is 0.461 e. The van der Waals surface area contributed by atoms with Gasteiger partial charge in [0.15, 0.2) is 0 Å². The minimum atomic E-state index is -0.383. The van der Waals surface area contributed by atoms with Gasteiger partial charge < -0.3 is 15.4 Å². The van der Waals surface area contributed by atoms with Crippen LogP contribution in [0.2, 0.25) is 0 Å². The zero-order valence-electron chi connectivity index (χ0n) is 11.8. The average molecular weight is 273 g/mol. The van der Waals surface area contributed by atoms with Gasteiger partial charge in [0.2, 0.25) is 0 Å². The molecule has 0 spiro atoms. The van der Waals surface area contributed by atoms with Crippen LogP contribution < -0.4 is 10.6 Å². The highest BCUT2D eigenvalue weighted by Gasteiger charge is 2.43. The van der Waals surface area contributed by atoms with Gasteiger partial charge in [0.05, 0.1) is 29.6 Å². The van der Waals surface area contributed by atoms with Gasteiger partial charge >= 0.3 is 5.97 Å². The van der Waals surface area contributed by atoms with Gasteiger partial charge in [-0.25, -0.2) is 4.79 Å². The van der Waals surface area contributed by atoms with E-state index in [9.17, 15) is 4.79 Å². The van der Waals surface area contributed by atoms with Crippen LogP contribution in [0.15, 0.2) is 18.2 Å². The summed E-state index contributed by atoms with van der Waals surface area (Å²) in [6, 6.07) is 7.28. The van der Waals surface area contributed by atoms with Gasteiger partial charge in [0.25, 0.3) is 0 Å². The van der Waals surface area contributed by atoms with E-state index in [1.807, 2.05) is 19.0 Å². The van der Waals surface area contributed by atoms with Crippen molar-refractivity contribution in [3.05, 3.63) is 23.8 Å². The van der Waals surface area contributed by atoms with Crippen LogP contribution in [0, 0.1) is 16.7 Å². The number of nitrogen functional groups attached to an aromatic ring is 1. The van der Waals surface area contributed by atoms with Crippen molar-refractivity contribution < 1.29 is 9.53 Å². The Balaban J connectivity index is 2.00. The van der Waals surface area contributed by atoms with Crippen LogP contribution in [0.4, 0.5) is 11.4 Å². The van der Waals surface area contributed by atoms with E-state index >= 15 is 0 Å². The van der Waals surface area contributed by atoms with Crippen molar-refractivity contribution in [3.8, 4) is 6.07 Å². The van der Waals surface area contributed by atoms with Crippen LogP contribution in [0.3, 0.4) is 0 Å². The molecule has 1 fully saturated rings. The molecule has 2 N–H and O–H groups in total. The lowest BCUT2D eigenvalue weighted by Crippen LogP contribution is -2.16. The number of nitrogens with zero attached hydrogens (tertiary/aromatic N) is 2. The van der Waals surface area contributed by atoms with Gasteiger partial charge in [-0.05, 0) is 31.0 Å². The van der Waals surface area contributed by atoms with Crippen LogP contribution in [0.25, 0.3) is 0 Å². The van der Waals surface area contributed by atoms with Crippen molar-refractivity contribution in [1.29, 1.82) is 5.26 Å². The lowest BCUT2D eigenvalue weighted by molar-refractivity contribution is 0.0419. The van der Waals surface area contributed by atoms with E-state index in [1.165, 1.54) is 0 Å². The summed E-state index contributed by atoms with van der Waals surface area (Å²) in [7, 11) is 3.78. The van der Waals surface area contributed by atoms with Crippen molar-refractivity contribution in [2.24, 2.45) is 5.41 Å². The summed E-state index contributed by atoms with van der Waals surface area (Å²) >= 11 is 0. The minimum absolute atomic E-state index is 0.0977. The summed E-state index contributed by atoms with van der Waals surface area (Å²) in [5, 5.41) is 8.73. The molecule has 0 aromatic heterocycles. The van der Waals surface area contributed by atoms with Crippen LogP contribution in [-0.4, -0.2) is 26.7 Å². The number of nitrogens with two attached hydrogens (primary N) is 1. The van der Waals surface area contributed by atoms with Gasteiger partial charge in [-0.1, -0.05) is 0 Å². The third-order valence-electron chi connectivity index (χ3n) is 3.67. The first-order chi connectivity index (χ1) is 9.47. The lowest BCUT2D eigenvalue weighted by atomic mass is 10.1. The Bertz CT molecular complexity index is 557. The predicted octanol–water partition coefficient (Wildman–Crippen LogP) is 2.19. The molecule has 0 saturated heterocycles. The number of anilines is 2. The molecule has 20 heavy (non-hydrogen) atoms. The monoisotopic (exact) mass is 273 g/mol. The maximum Gasteiger partial charge on any atom is 0.338 e. The van der Waals surface area contributed by atoms with Crippen LogP contribution in [0.1, 0.15) is 29.6 Å². The number of hydrogen-bond acceptors (Lipinski definition) is 5. The molecule has 0 aliphatic heterocycles. The Morgan fingerprint density at radius 3 is 2.70 bits per heavy atom. The summed E-state index contributed by atoms with van der Waals surface area (Å²) in [6.07, 6.45) is 2.35. The van der Waals surface area contributed by atoms with Gasteiger partial charge in [-0.15, -0.1) is 0 Å². The molecule has 0 amide bonds. The molecule has 0 unspecified atom stereocenters. The molecule has 1 saturated carbocycles. The van der Waals surface area contributed by atoms with Crippen molar-refractivity contribution >= 4 is 17.3 Å². The fraction of sp³-hybridized carbons (Fsp3) is 0.467. The summed E-state index contributed by atoms with van der Waals surface area (Å²) in [5.41, 5.74) is 7.67. The fourth-order valence-corrected chi connectivity index (χ4v) is 2.11. The smallest absolute Gasteiger partial charge is 0.338 e. The van der Waals surface area contributed by atoms with Gasteiger partial charge in [-0.3, -0.25) is 0 Å². The maximum atomic E-state index is 12.0. The molecule has 1 aliphatic carbocycles. The second-order valence-electron chi connectivity index (χ2n) is 5.58. The van der Waals surface area contributed by atoms with Crippen molar-refractivity contribution in [3.63, 3.8) is 0 Å². The molecule has 0 atom stereocenters. The minimum Gasteiger partial charge on any atom is -0.461 e. The highest BCUT2D eigenvalue weighted by molar-refractivity contribution is 5.92. The molecule has 5 nitrogen and oxygen atoms in total. The highest BCUT2D eigenvalue weighted by Crippen LogP contribution is 2.48. The Kier molecular flexibility index (Phi) is 3.84. The topological polar surface area (TPSA) is 79.3 Å². The van der Waals surface area contributed by atoms with E-state index in [4.69, 9.17) is 15.7 Å². The molecule has 0 heterocycles. The quantitative estimate of drug-likeness (QED) is 0.657. The maximum absolute atomic E-state index is 12.0. The Hall–Kier alpha value is -2.22. The summed E-state index contributed by atoms with van der Waals surface area (Å²) in [5.74, 6) is -0.383. The molecule has 2 rings (SSSR count). The molecule has 1 aromatic rings. The normalized spacial score (nSPS) is 15.2. The van der Waals surface area contributed by atoms with Crippen molar-refractivity contribution in [2.75, 3.05) is 31.3 Å². The van der Waals surface area contributed by atoms with Crippen molar-refractivity contribution in [1.82, 2.24) is 0 Å². The molecule has 1 aliphatic rings. The Labute approximate surface area is 118 Å². The number of hydrogen-bond donors (Lipinski definition) is 1. The first-order valence-electron chi connectivity index (χ1n) is 6.58. The molecular weight excluding hydrogens is 254 g/mol. The van der Waals surface area contributed by atoms with E-state index in [-0.39, 0.29) is 11.4 Å². The summed E-state index contributed by atoms with van der Waals surface area (Å²) < 4.78 is 5.30. The zero-order chi connectivity index (χ0) is 14.8. The zero-order valence-corrected chi connectivity index (χ0v) is 11.8. The van der Waals surface area contributed by atoms with E-state index in [0.717, 1.165) is 18.5 Å². The molecule has 106 valence electrons. The predicted molar refractivity (Wildman–Crippen MR) is 77.4 cm³/mol. The standard InChI is InChI=1S/C15H19N3O2/c1-18(2)13-4-3-11(9-12(13)17)14(19)20-10-15(5-6-15)7-8-16/h3-4,9H,5-7,10,17H2,1-2H3. The van der Waals surface area contributed by atoms with Gasteiger partial charge in [0, 0.05) is 25.9 Å². The van der Waals surface area contributed by atoms with E-state index in [2.05, 4.69) is 6.07 Å². The number of ether oxygens (including phenoxy) is 1. The molecule has 5 heteroatoms. The van der Waals surface area contributed by atoms with E-state index < -0.39 is 0 Å². The molecule has 0 radical (unpaired) electrons. The summed E-state index contributed by atoms with van der Waals surface area (Å²) in [4.78, 5) is 13.9. The van der Waals surface area contributed by atoms with Gasteiger partial charge in [0.1, 0.15) is 0 Å². The number of esters is 1. The van der Waals surface area contributed by atoms with Crippen LogP contribution in [0.5, 0.6) is 0 Å². The van der Waals surface area contributed by atoms with E-state index in [1.54, 1.807) is 18.2 Å². The molecule has 1 aromatic carbocycles. The Morgan fingerprint density at radius 1 is 1.50 bits per heavy atom. The summed E-state index contributed by atoms with van der Waals surface area (Å²) in [6.45, 7) is 0.314. The number of carbonyl (C=O) groups excluding carboxylic acids is 1. The SMILES string of the molecule is CN(C)c1ccc(C(=O)OCC2(CC#N)CC2)cc1N. The first kappa shape index (κ1) is 14.2.